The van der Waals surface area contributed by atoms with Crippen molar-refractivity contribution in [3.63, 3.8) is 0 Å². The van der Waals surface area contributed by atoms with Crippen LogP contribution in [0.1, 0.15) is 132 Å². The van der Waals surface area contributed by atoms with Gasteiger partial charge >= 0.3 is 18.3 Å². The van der Waals surface area contributed by atoms with Crippen LogP contribution in [0.25, 0.3) is 0 Å². The third kappa shape index (κ3) is 14.2. The van der Waals surface area contributed by atoms with Crippen LogP contribution >= 0.6 is 0 Å². The van der Waals surface area contributed by atoms with Crippen LogP contribution < -0.4 is 16.0 Å². The Labute approximate surface area is 273 Å². The summed E-state index contributed by atoms with van der Waals surface area (Å²) in [5.74, 6) is -0.163. The first kappa shape index (κ1) is 38.6. The molecule has 0 spiro atoms. The van der Waals surface area contributed by atoms with E-state index in [1.54, 1.807) is 46.4 Å². The SMILES string of the molecule is CC(C)[C@H](NC(=O)OC(C)(C)C)c1nnc([C@H](CCCCNC(=O)OC(C)(C)C)NC(=O)C2CCN(C(=O)OC(C)(C)C)CC2)o1. The molecule has 0 saturated carbocycles. The molecule has 46 heavy (non-hydrogen) atoms. The highest BCUT2D eigenvalue weighted by molar-refractivity contribution is 5.79. The summed E-state index contributed by atoms with van der Waals surface area (Å²) in [6.07, 6.45) is 1.20. The van der Waals surface area contributed by atoms with E-state index in [9.17, 15) is 19.2 Å². The zero-order valence-corrected chi connectivity index (χ0v) is 29.6. The largest absolute Gasteiger partial charge is 0.444 e. The van der Waals surface area contributed by atoms with E-state index in [0.717, 1.165) is 0 Å². The fourth-order valence-corrected chi connectivity index (χ4v) is 4.64. The maximum Gasteiger partial charge on any atom is 0.410 e. The van der Waals surface area contributed by atoms with Gasteiger partial charge in [0.2, 0.25) is 17.7 Å². The van der Waals surface area contributed by atoms with Crippen LogP contribution in [0.5, 0.6) is 0 Å². The topological polar surface area (TPSA) is 174 Å². The first-order valence-electron chi connectivity index (χ1n) is 16.2. The molecule has 14 nitrogen and oxygen atoms in total. The predicted octanol–water partition coefficient (Wildman–Crippen LogP) is 5.79. The second-order valence-electron chi connectivity index (χ2n) is 15.1. The Bertz CT molecular complexity index is 1160. The van der Waals surface area contributed by atoms with Gasteiger partial charge in [0.1, 0.15) is 28.9 Å². The van der Waals surface area contributed by atoms with E-state index in [1.807, 2.05) is 34.6 Å². The predicted molar refractivity (Wildman–Crippen MR) is 171 cm³/mol. The summed E-state index contributed by atoms with van der Waals surface area (Å²) < 4.78 is 22.2. The number of amides is 4. The summed E-state index contributed by atoms with van der Waals surface area (Å²) in [5.41, 5.74) is -1.87. The molecule has 0 bridgehead atoms. The molecule has 3 N–H and O–H groups in total. The highest BCUT2D eigenvalue weighted by Gasteiger charge is 2.33. The molecule has 1 aromatic heterocycles. The zero-order chi connectivity index (χ0) is 34.9. The van der Waals surface area contributed by atoms with E-state index in [2.05, 4.69) is 26.1 Å². The summed E-state index contributed by atoms with van der Waals surface area (Å²) in [5, 5.41) is 17.1. The summed E-state index contributed by atoms with van der Waals surface area (Å²) in [6, 6.07) is -1.21. The van der Waals surface area contributed by atoms with Crippen LogP contribution in [0, 0.1) is 11.8 Å². The molecule has 0 aliphatic carbocycles. The average molecular weight is 653 g/mol. The van der Waals surface area contributed by atoms with Crippen molar-refractivity contribution in [2.45, 2.75) is 137 Å². The van der Waals surface area contributed by atoms with Gasteiger partial charge in [0.25, 0.3) is 0 Å². The highest BCUT2D eigenvalue weighted by atomic mass is 16.6. The van der Waals surface area contributed by atoms with Crippen LogP contribution in [0.2, 0.25) is 0 Å². The summed E-state index contributed by atoms with van der Waals surface area (Å²) in [6.45, 7) is 21.2. The maximum absolute atomic E-state index is 13.4. The van der Waals surface area contributed by atoms with Crippen molar-refractivity contribution in [3.05, 3.63) is 11.8 Å². The van der Waals surface area contributed by atoms with Crippen molar-refractivity contribution >= 4 is 24.2 Å². The number of nitrogens with zero attached hydrogens (tertiary/aromatic N) is 3. The highest BCUT2D eigenvalue weighted by Crippen LogP contribution is 2.27. The number of unbranched alkanes of at least 4 members (excludes halogenated alkanes) is 1. The van der Waals surface area contributed by atoms with Crippen LogP contribution in [0.4, 0.5) is 14.4 Å². The summed E-state index contributed by atoms with van der Waals surface area (Å²) in [7, 11) is 0. The third-order valence-electron chi connectivity index (χ3n) is 6.78. The normalized spacial score (nSPS) is 16.0. The fraction of sp³-hybridized carbons (Fsp3) is 0.812. The number of hydrogen-bond acceptors (Lipinski definition) is 10. The molecule has 2 atom stereocenters. The van der Waals surface area contributed by atoms with Gasteiger partial charge in [-0.2, -0.15) is 0 Å². The molecule has 1 aliphatic rings. The molecule has 14 heteroatoms. The minimum Gasteiger partial charge on any atom is -0.444 e. The van der Waals surface area contributed by atoms with Crippen molar-refractivity contribution in [2.24, 2.45) is 11.8 Å². The zero-order valence-electron chi connectivity index (χ0n) is 29.6. The summed E-state index contributed by atoms with van der Waals surface area (Å²) in [4.78, 5) is 52.1. The first-order valence-corrected chi connectivity index (χ1v) is 16.2. The van der Waals surface area contributed by atoms with E-state index < -0.39 is 41.1 Å². The molecular weight excluding hydrogens is 596 g/mol. The van der Waals surface area contributed by atoms with Gasteiger partial charge in [-0.1, -0.05) is 13.8 Å². The molecule has 4 amide bonds. The lowest BCUT2D eigenvalue weighted by Gasteiger charge is -2.33. The lowest BCUT2D eigenvalue weighted by Crippen LogP contribution is -2.45. The number of likely N-dealkylation sites (tertiary alicyclic amines) is 1. The van der Waals surface area contributed by atoms with Crippen molar-refractivity contribution < 1.29 is 37.8 Å². The molecule has 1 aliphatic heterocycles. The molecule has 1 fully saturated rings. The number of alkyl carbamates (subject to hydrolysis) is 2. The number of hydrogen-bond donors (Lipinski definition) is 3. The molecule has 262 valence electrons. The second-order valence-corrected chi connectivity index (χ2v) is 15.1. The lowest BCUT2D eigenvalue weighted by molar-refractivity contribution is -0.127. The van der Waals surface area contributed by atoms with Gasteiger partial charge in [0, 0.05) is 25.6 Å². The van der Waals surface area contributed by atoms with Gasteiger partial charge in [-0.15, -0.1) is 10.2 Å². The summed E-state index contributed by atoms with van der Waals surface area (Å²) >= 11 is 0. The van der Waals surface area contributed by atoms with E-state index in [1.165, 1.54) is 0 Å². The fourth-order valence-electron chi connectivity index (χ4n) is 4.64. The Morgan fingerprint density at radius 3 is 1.89 bits per heavy atom. The standard InChI is InChI=1S/C32H56N6O8/c1-20(2)23(35-28(41)45-31(6,7)8)26-37-36-25(43-26)22(14-12-13-17-33-27(40)44-30(3,4)5)34-24(39)21-15-18-38(19-16-21)29(42)46-32(9,10)11/h20-23H,12-19H2,1-11H3,(H,33,40)(H,34,39)(H,35,41)/t22-,23-/m0/s1. The Morgan fingerprint density at radius 1 is 0.804 bits per heavy atom. The van der Waals surface area contributed by atoms with Crippen LogP contribution in [0.3, 0.4) is 0 Å². The third-order valence-corrected chi connectivity index (χ3v) is 6.78. The molecule has 2 rings (SSSR count). The lowest BCUT2D eigenvalue weighted by atomic mass is 9.95. The molecule has 0 radical (unpaired) electrons. The molecule has 0 unspecified atom stereocenters. The number of ether oxygens (including phenoxy) is 3. The number of carbonyl (C=O) groups is 4. The van der Waals surface area contributed by atoms with Crippen molar-refractivity contribution in [2.75, 3.05) is 19.6 Å². The molecule has 0 aromatic carbocycles. The first-order chi connectivity index (χ1) is 21.1. The van der Waals surface area contributed by atoms with E-state index in [0.29, 0.717) is 51.7 Å². The number of carbonyl (C=O) groups excluding carboxylic acids is 4. The van der Waals surface area contributed by atoms with E-state index in [4.69, 9.17) is 18.6 Å². The van der Waals surface area contributed by atoms with Gasteiger partial charge in [-0.25, -0.2) is 14.4 Å². The quantitative estimate of drug-likeness (QED) is 0.196. The van der Waals surface area contributed by atoms with Gasteiger partial charge < -0.3 is 39.5 Å². The van der Waals surface area contributed by atoms with Crippen molar-refractivity contribution in [1.29, 1.82) is 0 Å². The Kier molecular flexibility index (Phi) is 13.7. The molecule has 1 aromatic rings. The Hall–Kier alpha value is -3.58. The number of rotatable bonds is 11. The van der Waals surface area contributed by atoms with Gasteiger partial charge in [-0.05, 0) is 100 Å². The van der Waals surface area contributed by atoms with Gasteiger partial charge in [-0.3, -0.25) is 4.79 Å². The minimum absolute atomic E-state index is 0.0945. The maximum atomic E-state index is 13.4. The van der Waals surface area contributed by atoms with Crippen molar-refractivity contribution in [3.8, 4) is 0 Å². The Balaban J connectivity index is 2.11. The monoisotopic (exact) mass is 652 g/mol. The number of nitrogens with one attached hydrogen (secondary N) is 3. The molecular formula is C32H56N6O8. The smallest absolute Gasteiger partial charge is 0.410 e. The van der Waals surface area contributed by atoms with E-state index >= 15 is 0 Å². The van der Waals surface area contributed by atoms with Crippen LogP contribution in [-0.4, -0.2) is 75.7 Å². The van der Waals surface area contributed by atoms with Crippen LogP contribution in [-0.2, 0) is 19.0 Å². The van der Waals surface area contributed by atoms with Gasteiger partial charge in [0.15, 0.2) is 0 Å². The van der Waals surface area contributed by atoms with Crippen LogP contribution in [0.15, 0.2) is 4.42 Å². The number of piperidine rings is 1. The molecule has 1 saturated heterocycles. The van der Waals surface area contributed by atoms with Gasteiger partial charge in [0.05, 0.1) is 0 Å². The second kappa shape index (κ2) is 16.3. The Morgan fingerprint density at radius 2 is 1.35 bits per heavy atom. The minimum atomic E-state index is -0.678. The van der Waals surface area contributed by atoms with E-state index in [-0.39, 0.29) is 35.6 Å². The number of aromatic nitrogens is 2. The average Bonchev–Trinajstić information content (AvgIpc) is 3.37. The molecule has 2 heterocycles. The van der Waals surface area contributed by atoms with Crippen molar-refractivity contribution in [1.82, 2.24) is 31.0 Å².